The number of nitrogens with one attached hydrogen (secondary N) is 1. The Labute approximate surface area is 121 Å². The van der Waals surface area contributed by atoms with E-state index in [4.69, 9.17) is 4.74 Å². The molecule has 0 radical (unpaired) electrons. The fourth-order valence-electron chi connectivity index (χ4n) is 2.83. The van der Waals surface area contributed by atoms with Gasteiger partial charge in [0.2, 0.25) is 0 Å². The van der Waals surface area contributed by atoms with Crippen LogP contribution >= 0.6 is 11.8 Å². The Balaban J connectivity index is 1.81. The van der Waals surface area contributed by atoms with Crippen LogP contribution in [0, 0.1) is 6.92 Å². The number of thioether (sulfide) groups is 1. The summed E-state index contributed by atoms with van der Waals surface area (Å²) in [5, 5.41) is 4.57. The number of aryl methyl sites for hydroxylation is 1. The molecule has 1 aliphatic rings. The second-order valence-electron chi connectivity index (χ2n) is 5.27. The predicted octanol–water partition coefficient (Wildman–Crippen LogP) is 3.77. The molecule has 0 amide bonds. The topological polar surface area (TPSA) is 21.3 Å². The number of rotatable bonds is 6. The van der Waals surface area contributed by atoms with Gasteiger partial charge in [-0.15, -0.1) is 0 Å². The molecule has 2 rings (SSSR count). The summed E-state index contributed by atoms with van der Waals surface area (Å²) < 4.78 is 5.30. The third-order valence-electron chi connectivity index (χ3n) is 3.84. The zero-order valence-corrected chi connectivity index (χ0v) is 13.1. The van der Waals surface area contributed by atoms with E-state index in [2.05, 4.69) is 49.1 Å². The maximum absolute atomic E-state index is 5.30. The van der Waals surface area contributed by atoms with Crippen molar-refractivity contribution in [3.8, 4) is 5.75 Å². The molecule has 1 aliphatic carbocycles. The van der Waals surface area contributed by atoms with Gasteiger partial charge in [0.1, 0.15) is 5.75 Å². The molecule has 1 fully saturated rings. The van der Waals surface area contributed by atoms with Gasteiger partial charge in [-0.25, -0.2) is 0 Å². The molecular weight excluding hydrogens is 254 g/mol. The highest BCUT2D eigenvalue weighted by molar-refractivity contribution is 7.99. The molecule has 2 nitrogen and oxygen atoms in total. The summed E-state index contributed by atoms with van der Waals surface area (Å²) in [7, 11) is 1.73. The standard InChI is InChI=1S/C16H25NOS/c1-4-19-15-7-6-14(10-15)17-11-13-5-8-16(18-3)12(2)9-13/h5,8-9,14-15,17H,4,6-7,10-11H2,1-3H3. The van der Waals surface area contributed by atoms with E-state index in [1.807, 2.05) is 0 Å². The summed E-state index contributed by atoms with van der Waals surface area (Å²) >= 11 is 2.12. The van der Waals surface area contributed by atoms with Crippen molar-refractivity contribution < 1.29 is 4.74 Å². The highest BCUT2D eigenvalue weighted by Gasteiger charge is 2.23. The molecule has 1 aromatic rings. The average molecular weight is 279 g/mol. The summed E-state index contributed by atoms with van der Waals surface area (Å²) in [6, 6.07) is 7.15. The van der Waals surface area contributed by atoms with Crippen molar-refractivity contribution in [2.45, 2.75) is 50.9 Å². The van der Waals surface area contributed by atoms with E-state index in [1.165, 1.54) is 36.1 Å². The molecular formula is C16H25NOS. The first-order valence-electron chi connectivity index (χ1n) is 7.21. The van der Waals surface area contributed by atoms with Crippen molar-refractivity contribution in [3.63, 3.8) is 0 Å². The maximum Gasteiger partial charge on any atom is 0.121 e. The van der Waals surface area contributed by atoms with Crippen molar-refractivity contribution in [3.05, 3.63) is 29.3 Å². The minimum absolute atomic E-state index is 0.700. The van der Waals surface area contributed by atoms with E-state index in [0.717, 1.165) is 17.5 Å². The summed E-state index contributed by atoms with van der Waals surface area (Å²) in [5.41, 5.74) is 2.57. The van der Waals surface area contributed by atoms with Crippen LogP contribution in [0.3, 0.4) is 0 Å². The normalized spacial score (nSPS) is 22.7. The quantitative estimate of drug-likeness (QED) is 0.856. The van der Waals surface area contributed by atoms with Gasteiger partial charge in [0.25, 0.3) is 0 Å². The van der Waals surface area contributed by atoms with Gasteiger partial charge in [-0.2, -0.15) is 11.8 Å². The highest BCUT2D eigenvalue weighted by Crippen LogP contribution is 2.30. The van der Waals surface area contributed by atoms with E-state index in [1.54, 1.807) is 7.11 Å². The molecule has 0 heterocycles. The largest absolute Gasteiger partial charge is 0.496 e. The molecule has 19 heavy (non-hydrogen) atoms. The van der Waals surface area contributed by atoms with Crippen LogP contribution in [0.1, 0.15) is 37.3 Å². The number of hydrogen-bond acceptors (Lipinski definition) is 3. The van der Waals surface area contributed by atoms with E-state index >= 15 is 0 Å². The lowest BCUT2D eigenvalue weighted by Crippen LogP contribution is -2.26. The second-order valence-corrected chi connectivity index (χ2v) is 6.85. The van der Waals surface area contributed by atoms with Crippen LogP contribution in [-0.2, 0) is 6.54 Å². The smallest absolute Gasteiger partial charge is 0.121 e. The molecule has 0 bridgehead atoms. The fraction of sp³-hybridized carbons (Fsp3) is 0.625. The van der Waals surface area contributed by atoms with Crippen LogP contribution in [0.15, 0.2) is 18.2 Å². The summed E-state index contributed by atoms with van der Waals surface area (Å²) in [6.07, 6.45) is 4.03. The third kappa shape index (κ3) is 4.15. The maximum atomic E-state index is 5.30. The lowest BCUT2D eigenvalue weighted by Gasteiger charge is -2.14. The minimum Gasteiger partial charge on any atom is -0.496 e. The number of methoxy groups -OCH3 is 1. The van der Waals surface area contributed by atoms with Crippen molar-refractivity contribution in [1.29, 1.82) is 0 Å². The molecule has 0 aromatic heterocycles. The molecule has 1 aromatic carbocycles. The Morgan fingerprint density at radius 1 is 1.37 bits per heavy atom. The van der Waals surface area contributed by atoms with E-state index in [0.29, 0.717) is 6.04 Å². The molecule has 3 heteroatoms. The van der Waals surface area contributed by atoms with Crippen molar-refractivity contribution >= 4 is 11.8 Å². The molecule has 2 atom stereocenters. The van der Waals surface area contributed by atoms with Crippen LogP contribution in [-0.4, -0.2) is 24.2 Å². The van der Waals surface area contributed by atoms with Crippen LogP contribution in [0.4, 0.5) is 0 Å². The summed E-state index contributed by atoms with van der Waals surface area (Å²) in [5.74, 6) is 2.22. The molecule has 0 saturated heterocycles. The van der Waals surface area contributed by atoms with Crippen LogP contribution in [0.2, 0.25) is 0 Å². The lowest BCUT2D eigenvalue weighted by molar-refractivity contribution is 0.411. The monoisotopic (exact) mass is 279 g/mol. The zero-order valence-electron chi connectivity index (χ0n) is 12.2. The highest BCUT2D eigenvalue weighted by atomic mass is 32.2. The SMILES string of the molecule is CCSC1CCC(NCc2ccc(OC)c(C)c2)C1. The van der Waals surface area contributed by atoms with E-state index in [-0.39, 0.29) is 0 Å². The predicted molar refractivity (Wildman–Crippen MR) is 84.1 cm³/mol. The Hall–Kier alpha value is -0.670. The second kappa shape index (κ2) is 7.20. The number of hydrogen-bond donors (Lipinski definition) is 1. The number of ether oxygens (including phenoxy) is 1. The Morgan fingerprint density at radius 2 is 2.21 bits per heavy atom. The minimum atomic E-state index is 0.700. The lowest BCUT2D eigenvalue weighted by atomic mass is 10.1. The van der Waals surface area contributed by atoms with E-state index in [9.17, 15) is 0 Å². The number of benzene rings is 1. The zero-order chi connectivity index (χ0) is 13.7. The summed E-state index contributed by atoms with van der Waals surface area (Å²) in [6.45, 7) is 5.33. The Morgan fingerprint density at radius 3 is 2.89 bits per heavy atom. The van der Waals surface area contributed by atoms with Crippen molar-refractivity contribution in [1.82, 2.24) is 5.32 Å². The van der Waals surface area contributed by atoms with Crippen molar-refractivity contribution in [2.75, 3.05) is 12.9 Å². The first-order chi connectivity index (χ1) is 9.22. The van der Waals surface area contributed by atoms with Gasteiger partial charge in [-0.05, 0) is 49.1 Å². The molecule has 1 N–H and O–H groups in total. The van der Waals surface area contributed by atoms with Crippen molar-refractivity contribution in [2.24, 2.45) is 0 Å². The molecule has 106 valence electrons. The van der Waals surface area contributed by atoms with Crippen LogP contribution in [0.5, 0.6) is 5.75 Å². The molecule has 2 unspecified atom stereocenters. The van der Waals surface area contributed by atoms with Gasteiger partial charge in [-0.1, -0.05) is 19.1 Å². The molecule has 0 aliphatic heterocycles. The first-order valence-corrected chi connectivity index (χ1v) is 8.26. The Kier molecular flexibility index (Phi) is 5.59. The third-order valence-corrected chi connectivity index (χ3v) is 5.07. The summed E-state index contributed by atoms with van der Waals surface area (Å²) in [4.78, 5) is 0. The Bertz CT molecular complexity index is 408. The van der Waals surface area contributed by atoms with Gasteiger partial charge in [-0.3, -0.25) is 0 Å². The van der Waals surface area contributed by atoms with Gasteiger partial charge < -0.3 is 10.1 Å². The van der Waals surface area contributed by atoms with Crippen LogP contribution < -0.4 is 10.1 Å². The van der Waals surface area contributed by atoms with Gasteiger partial charge in [0.15, 0.2) is 0 Å². The molecule has 1 saturated carbocycles. The first kappa shape index (κ1) is 14.7. The van der Waals surface area contributed by atoms with Gasteiger partial charge in [0, 0.05) is 17.8 Å². The van der Waals surface area contributed by atoms with Crippen LogP contribution in [0.25, 0.3) is 0 Å². The fourth-order valence-corrected chi connectivity index (χ4v) is 3.97. The average Bonchev–Trinajstić information content (AvgIpc) is 2.85. The van der Waals surface area contributed by atoms with Gasteiger partial charge >= 0.3 is 0 Å². The molecule has 0 spiro atoms. The van der Waals surface area contributed by atoms with Gasteiger partial charge in [0.05, 0.1) is 7.11 Å². The van der Waals surface area contributed by atoms with E-state index < -0.39 is 0 Å².